The number of nitrogens with one attached hydrogen (secondary N) is 1. The number of nitrogens with zero attached hydrogens (tertiary/aromatic N) is 3. The van der Waals surface area contributed by atoms with Gasteiger partial charge in [0.2, 0.25) is 5.91 Å². The summed E-state index contributed by atoms with van der Waals surface area (Å²) in [7, 11) is 0. The largest absolute Gasteiger partial charge is 0.367 e. The lowest BCUT2D eigenvalue weighted by molar-refractivity contribution is -0.139. The highest BCUT2D eigenvalue weighted by Crippen LogP contribution is 2.36. The number of ether oxygens (including phenoxy) is 1. The van der Waals surface area contributed by atoms with E-state index in [2.05, 4.69) is 20.6 Å². The quantitative estimate of drug-likeness (QED) is 0.677. The minimum atomic E-state index is -0.624. The molecular weight excluding hydrogens is 464 g/mol. The Labute approximate surface area is 209 Å². The predicted octanol–water partition coefficient (Wildman–Crippen LogP) is 2.51. The monoisotopic (exact) mass is 494 g/mol. The molecule has 0 spiro atoms. The Bertz CT molecular complexity index is 1110. The van der Waals surface area contributed by atoms with Crippen LogP contribution in [0.1, 0.15) is 48.5 Å². The van der Waals surface area contributed by atoms with E-state index in [0.29, 0.717) is 12.1 Å². The molecule has 1 N–H and O–H groups in total. The molecule has 4 aliphatic heterocycles. The fraction of sp³-hybridized carbons (Fsp3) is 0.538. The lowest BCUT2D eigenvalue weighted by Crippen LogP contribution is -2.54. The molecule has 0 radical (unpaired) electrons. The molecular formula is C26H30N4O4S. The normalized spacial score (nSPS) is 28.7. The summed E-state index contributed by atoms with van der Waals surface area (Å²) in [6, 6.07) is 6.40. The molecule has 35 heavy (non-hydrogen) atoms. The molecule has 4 atom stereocenters. The number of amidine groups is 1. The van der Waals surface area contributed by atoms with Crippen LogP contribution in [0.2, 0.25) is 0 Å². The second-order valence-electron chi connectivity index (χ2n) is 10.2. The van der Waals surface area contributed by atoms with Crippen LogP contribution in [-0.4, -0.2) is 77.0 Å². The number of thioether (sulfide) groups is 1. The summed E-state index contributed by atoms with van der Waals surface area (Å²) in [6.07, 6.45) is 3.69. The van der Waals surface area contributed by atoms with E-state index in [1.54, 1.807) is 16.7 Å². The van der Waals surface area contributed by atoms with Gasteiger partial charge in [0.15, 0.2) is 11.0 Å². The second kappa shape index (κ2) is 9.09. The van der Waals surface area contributed by atoms with E-state index in [1.165, 1.54) is 0 Å². The van der Waals surface area contributed by atoms with Gasteiger partial charge in [0, 0.05) is 30.0 Å². The predicted molar refractivity (Wildman–Crippen MR) is 134 cm³/mol. The van der Waals surface area contributed by atoms with Crippen molar-refractivity contribution in [2.75, 3.05) is 26.2 Å². The topological polar surface area (TPSA) is 91.3 Å². The number of amides is 2. The number of aliphatic imine (C=N–C) groups is 1. The zero-order valence-electron chi connectivity index (χ0n) is 19.8. The molecule has 1 aliphatic carbocycles. The number of rotatable bonds is 5. The Morgan fingerprint density at radius 1 is 1.20 bits per heavy atom. The summed E-state index contributed by atoms with van der Waals surface area (Å²) >= 11 is 1.63. The Morgan fingerprint density at radius 3 is 2.74 bits per heavy atom. The zero-order chi connectivity index (χ0) is 24.1. The van der Waals surface area contributed by atoms with Gasteiger partial charge in [0.1, 0.15) is 18.7 Å². The first kappa shape index (κ1) is 22.8. The number of carbonyl (C=O) groups is 3. The van der Waals surface area contributed by atoms with Gasteiger partial charge in [0.05, 0.1) is 18.3 Å². The van der Waals surface area contributed by atoms with Gasteiger partial charge < -0.3 is 19.9 Å². The lowest BCUT2D eigenvalue weighted by atomic mass is 9.95. The van der Waals surface area contributed by atoms with Crippen molar-refractivity contribution < 1.29 is 19.1 Å². The first-order chi connectivity index (χ1) is 17.0. The van der Waals surface area contributed by atoms with Crippen LogP contribution in [-0.2, 0) is 14.3 Å². The van der Waals surface area contributed by atoms with E-state index < -0.39 is 12.1 Å². The average molecular weight is 495 g/mol. The number of ketones is 1. The van der Waals surface area contributed by atoms with Gasteiger partial charge in [-0.3, -0.25) is 19.4 Å². The average Bonchev–Trinajstić information content (AvgIpc) is 3.66. The molecule has 1 aromatic rings. The first-order valence-corrected chi connectivity index (χ1v) is 13.4. The van der Waals surface area contributed by atoms with Crippen LogP contribution in [0.25, 0.3) is 5.70 Å². The smallest absolute Gasteiger partial charge is 0.251 e. The first-order valence-electron chi connectivity index (χ1n) is 12.6. The van der Waals surface area contributed by atoms with E-state index >= 15 is 0 Å². The van der Waals surface area contributed by atoms with Crippen LogP contribution in [0.15, 0.2) is 34.7 Å². The van der Waals surface area contributed by atoms with Crippen molar-refractivity contribution in [3.05, 3.63) is 40.8 Å². The highest BCUT2D eigenvalue weighted by atomic mass is 32.2. The number of hydrogen-bond acceptors (Lipinski definition) is 7. The molecule has 5 aliphatic rings. The van der Waals surface area contributed by atoms with E-state index in [0.717, 1.165) is 55.2 Å². The zero-order valence-corrected chi connectivity index (χ0v) is 20.6. The highest BCUT2D eigenvalue weighted by Gasteiger charge is 2.52. The number of likely N-dealkylation sites (tertiary alicyclic amines) is 1. The van der Waals surface area contributed by atoms with Crippen LogP contribution in [0.4, 0.5) is 0 Å². The van der Waals surface area contributed by atoms with Crippen LogP contribution in [0, 0.1) is 11.8 Å². The van der Waals surface area contributed by atoms with Crippen molar-refractivity contribution in [1.82, 2.24) is 15.1 Å². The summed E-state index contributed by atoms with van der Waals surface area (Å²) < 4.78 is 5.67. The number of hydrogen-bond donors (Lipinski definition) is 1. The van der Waals surface area contributed by atoms with E-state index in [4.69, 9.17) is 4.74 Å². The number of carbonyl (C=O) groups excluding carboxylic acids is 3. The third kappa shape index (κ3) is 3.98. The fourth-order valence-electron chi connectivity index (χ4n) is 6.13. The summed E-state index contributed by atoms with van der Waals surface area (Å²) in [5.41, 5.74) is 2.68. The fourth-order valence-corrected chi connectivity index (χ4v) is 7.10. The maximum atomic E-state index is 13.7. The van der Waals surface area contributed by atoms with Gasteiger partial charge in [-0.1, -0.05) is 43.7 Å². The maximum Gasteiger partial charge on any atom is 0.251 e. The molecule has 2 saturated heterocycles. The summed E-state index contributed by atoms with van der Waals surface area (Å²) in [5.74, 6) is -0.240. The minimum absolute atomic E-state index is 0.0367. The van der Waals surface area contributed by atoms with Crippen LogP contribution in [0.5, 0.6) is 0 Å². The SMILES string of the molecule is CC1CN(C(=O)C(NC(=O)c2ccc(C3=CSC4=NCCN34)cc2)C2CCCC2)[C@@H]2C(=O)CO[C@H]12. The molecule has 8 nitrogen and oxygen atoms in total. The van der Waals surface area contributed by atoms with Crippen molar-refractivity contribution in [2.45, 2.75) is 50.8 Å². The Balaban J connectivity index is 1.19. The van der Waals surface area contributed by atoms with Crippen molar-refractivity contribution in [3.8, 4) is 0 Å². The second-order valence-corrected chi connectivity index (χ2v) is 11.0. The third-order valence-electron chi connectivity index (χ3n) is 7.96. The van der Waals surface area contributed by atoms with Crippen molar-refractivity contribution in [3.63, 3.8) is 0 Å². The van der Waals surface area contributed by atoms with E-state index in [1.807, 2.05) is 31.2 Å². The number of fused-ring (bicyclic) bond motifs is 2. The van der Waals surface area contributed by atoms with Gasteiger partial charge in [-0.05, 0) is 36.5 Å². The van der Waals surface area contributed by atoms with Gasteiger partial charge in [0.25, 0.3) is 5.91 Å². The molecule has 3 fully saturated rings. The van der Waals surface area contributed by atoms with Gasteiger partial charge >= 0.3 is 0 Å². The number of Topliss-reactive ketones (excluding diaryl/α,β-unsaturated/α-hetero) is 1. The Kier molecular flexibility index (Phi) is 5.92. The molecule has 1 saturated carbocycles. The molecule has 184 valence electrons. The van der Waals surface area contributed by atoms with E-state index in [9.17, 15) is 14.4 Å². The number of benzene rings is 1. The van der Waals surface area contributed by atoms with Crippen LogP contribution < -0.4 is 5.32 Å². The van der Waals surface area contributed by atoms with Gasteiger partial charge in [-0.15, -0.1) is 0 Å². The molecule has 2 amide bonds. The molecule has 1 aromatic carbocycles. The molecule has 0 aromatic heterocycles. The van der Waals surface area contributed by atoms with Crippen molar-refractivity contribution in [1.29, 1.82) is 0 Å². The van der Waals surface area contributed by atoms with Crippen LogP contribution >= 0.6 is 11.8 Å². The molecule has 0 bridgehead atoms. The lowest BCUT2D eigenvalue weighted by Gasteiger charge is -2.30. The Hall–Kier alpha value is -2.65. The molecule has 9 heteroatoms. The standard InChI is InChI=1S/C26H30N4O4S/c1-15-12-30(22-20(31)13-34-23(15)22)25(33)21(17-4-2-3-5-17)28-24(32)18-8-6-16(7-9-18)19-14-35-26-27-10-11-29(19)26/h6-9,14-15,17,21-23H,2-5,10-13H2,1H3,(H,28,32)/t15?,21?,22-,23-/m1/s1. The summed E-state index contributed by atoms with van der Waals surface area (Å²) in [5, 5.41) is 6.19. The third-order valence-corrected chi connectivity index (χ3v) is 8.86. The summed E-state index contributed by atoms with van der Waals surface area (Å²) in [6.45, 7) is 4.26. The maximum absolute atomic E-state index is 13.7. The van der Waals surface area contributed by atoms with Crippen molar-refractivity contribution in [2.24, 2.45) is 16.8 Å². The van der Waals surface area contributed by atoms with Gasteiger partial charge in [-0.25, -0.2) is 0 Å². The minimum Gasteiger partial charge on any atom is -0.367 e. The van der Waals surface area contributed by atoms with Gasteiger partial charge in [-0.2, -0.15) is 0 Å². The van der Waals surface area contributed by atoms with E-state index in [-0.39, 0.29) is 42.1 Å². The van der Waals surface area contributed by atoms with Crippen LogP contribution in [0.3, 0.4) is 0 Å². The van der Waals surface area contributed by atoms with Crippen molar-refractivity contribution >= 4 is 40.2 Å². The molecule has 4 heterocycles. The molecule has 6 rings (SSSR count). The molecule has 2 unspecified atom stereocenters. The summed E-state index contributed by atoms with van der Waals surface area (Å²) in [4.78, 5) is 47.9. The Morgan fingerprint density at radius 2 is 1.97 bits per heavy atom. The highest BCUT2D eigenvalue weighted by molar-refractivity contribution is 8.16.